The zero-order chi connectivity index (χ0) is 65.2. The van der Waals surface area contributed by atoms with Crippen LogP contribution in [0.3, 0.4) is 0 Å². The topological polar surface area (TPSA) is 32.4 Å². The zero-order valence-corrected chi connectivity index (χ0v) is 62.9. The van der Waals surface area contributed by atoms with Gasteiger partial charge in [0.2, 0.25) is 0 Å². The molecule has 9 aliphatic rings. The summed E-state index contributed by atoms with van der Waals surface area (Å²) >= 11 is 0. The molecule has 10 heteroatoms. The lowest BCUT2D eigenvalue weighted by Gasteiger charge is -2.34. The van der Waals surface area contributed by atoms with Gasteiger partial charge in [-0.3, -0.25) is 9.80 Å². The van der Waals surface area contributed by atoms with Crippen LogP contribution < -0.4 is 0 Å². The van der Waals surface area contributed by atoms with Gasteiger partial charge in [0.25, 0.3) is 0 Å². The van der Waals surface area contributed by atoms with Gasteiger partial charge in [-0.1, -0.05) is 165 Å². The highest BCUT2D eigenvalue weighted by Gasteiger charge is 2.24. The summed E-state index contributed by atoms with van der Waals surface area (Å²) in [6.07, 6.45) is 25.2. The van der Waals surface area contributed by atoms with Gasteiger partial charge >= 0.3 is 0 Å². The van der Waals surface area contributed by atoms with E-state index in [1.165, 1.54) is 168 Å². The quantitative estimate of drug-likeness (QED) is 0.208. The van der Waals surface area contributed by atoms with Crippen molar-refractivity contribution in [3.8, 4) is 0 Å². The van der Waals surface area contributed by atoms with Crippen molar-refractivity contribution in [2.75, 3.05) is 175 Å². The van der Waals surface area contributed by atoms with E-state index in [9.17, 15) is 0 Å². The molecule has 4 fully saturated rings. The van der Waals surface area contributed by atoms with Crippen LogP contribution in [0.1, 0.15) is 196 Å². The fourth-order valence-electron chi connectivity index (χ4n) is 12.9. The molecule has 514 valence electrons. The molecular weight excluding hydrogens is 1060 g/mol. The number of allylic oxidation sites excluding steroid dienone is 2. The Morgan fingerprint density at radius 2 is 0.874 bits per heavy atom. The molecule has 9 aliphatic heterocycles. The molecule has 3 atom stereocenters. The van der Waals surface area contributed by atoms with Crippen molar-refractivity contribution in [2.24, 2.45) is 59.2 Å². The molecule has 0 radical (unpaired) electrons. The highest BCUT2D eigenvalue weighted by Crippen LogP contribution is 2.25. The molecular formula is C77H156N10. The second kappa shape index (κ2) is 46.9. The van der Waals surface area contributed by atoms with Crippen LogP contribution in [0.15, 0.2) is 58.5 Å². The standard InChI is InChI=1S/C9H17N.C9H19N.2C9H17N.C8H18N2.C8H17N.C8H15N.C8H17N.C8H15N.CH4/c1-8(2)9-4-6-10(3)7-5-9;3*1-8(2)9-5-4-6-10(3)7-9;1-8(2)10-6-4-9(3)5-7-10;2*1-7(2)8-4-5-9(3)6-8;2*1-7(2)8-5-4-6-9(8)3;/h4,8H,5-7H2,1-3H3;8-9H,4-7H2,1-3H3;7-8H,4-6H2,1-3H3;5,8H,4,6-7H2,1-3H3;8H,4-7H2,1-3H3;7-8H,4-6H2,1-3H3;4,7H,5-6H2,1-3H3;7-8H,4-6H2,1-3H3;5,7H,4,6H2,1-3H3;1H4. The SMILES string of the molecule is C.CC(C)C1=CCCN(C)C1.CC(C)C1=CCCN1C.CC(C)C1=CCN(C)C1.CC(C)C1=CCN(C)CC1.CC(C)C1=CN(C)CCC1.CC(C)C1CCCN(C)C1.CC(C)C1CCCN1C.CC(C)C1CCN(C)C1.CC(C)N1CCN(C)CC1. The molecule has 87 heavy (non-hydrogen) atoms. The number of likely N-dealkylation sites (N-methyl/N-ethyl adjacent to an activating group) is 4. The van der Waals surface area contributed by atoms with Gasteiger partial charge in [0, 0.05) is 124 Å². The number of hydrogen-bond acceptors (Lipinski definition) is 10. The minimum absolute atomic E-state index is 0. The summed E-state index contributed by atoms with van der Waals surface area (Å²) in [5.41, 5.74) is 7.95. The first-order valence-electron chi connectivity index (χ1n) is 35.8. The second-order valence-electron chi connectivity index (χ2n) is 30.8. The monoisotopic (exact) mass is 1220 g/mol. The summed E-state index contributed by atoms with van der Waals surface area (Å²) in [4.78, 5) is 24.0. The number of piperazine rings is 1. The van der Waals surface area contributed by atoms with Crippen LogP contribution in [-0.4, -0.2) is 236 Å². The molecule has 4 saturated heterocycles. The maximum atomic E-state index is 2.53. The Hall–Kier alpha value is -2.02. The van der Waals surface area contributed by atoms with E-state index >= 15 is 0 Å². The average molecular weight is 1220 g/mol. The molecule has 9 heterocycles. The predicted octanol–water partition coefficient (Wildman–Crippen LogP) is 16.0. The molecule has 0 aromatic heterocycles. The minimum atomic E-state index is 0. The Bertz CT molecular complexity index is 1870. The molecule has 0 saturated carbocycles. The van der Waals surface area contributed by atoms with E-state index in [-0.39, 0.29) is 7.43 Å². The fraction of sp³-hybridized carbons (Fsp3) is 0.870. The first-order chi connectivity index (χ1) is 40.3. The maximum absolute atomic E-state index is 2.53. The minimum Gasteiger partial charge on any atom is -0.380 e. The highest BCUT2D eigenvalue weighted by molar-refractivity contribution is 5.13. The van der Waals surface area contributed by atoms with E-state index < -0.39 is 0 Å². The third kappa shape index (κ3) is 37.9. The van der Waals surface area contributed by atoms with Crippen molar-refractivity contribution >= 4 is 0 Å². The van der Waals surface area contributed by atoms with Crippen molar-refractivity contribution in [3.63, 3.8) is 0 Å². The highest BCUT2D eigenvalue weighted by atomic mass is 15.3. The summed E-state index contributed by atoms with van der Waals surface area (Å²) in [6, 6.07) is 1.60. The molecule has 10 nitrogen and oxygen atoms in total. The lowest BCUT2D eigenvalue weighted by molar-refractivity contribution is 0.126. The molecule has 0 amide bonds. The van der Waals surface area contributed by atoms with Crippen LogP contribution in [0, 0.1) is 59.2 Å². The van der Waals surface area contributed by atoms with Crippen molar-refractivity contribution in [2.45, 2.75) is 208 Å². The lowest BCUT2D eigenvalue weighted by atomic mass is 9.88. The first-order valence-corrected chi connectivity index (χ1v) is 35.8. The lowest BCUT2D eigenvalue weighted by Crippen LogP contribution is -2.47. The molecule has 0 aromatic carbocycles. The van der Waals surface area contributed by atoms with Gasteiger partial charge in [-0.15, -0.1) is 0 Å². The van der Waals surface area contributed by atoms with Gasteiger partial charge in [-0.05, 0) is 212 Å². The number of hydrogen-bond donors (Lipinski definition) is 0. The molecule has 3 unspecified atom stereocenters. The molecule has 0 bridgehead atoms. The van der Waals surface area contributed by atoms with E-state index in [1.807, 2.05) is 0 Å². The number of rotatable bonds is 9. The van der Waals surface area contributed by atoms with Gasteiger partial charge in [-0.2, -0.15) is 0 Å². The molecule has 0 spiro atoms. The summed E-state index contributed by atoms with van der Waals surface area (Å²) in [5, 5.41) is 0. The number of likely N-dealkylation sites (tertiary alicyclic amines) is 3. The molecule has 0 aliphatic carbocycles. The third-order valence-corrected chi connectivity index (χ3v) is 19.7. The van der Waals surface area contributed by atoms with Crippen molar-refractivity contribution in [3.05, 3.63) is 58.5 Å². The van der Waals surface area contributed by atoms with E-state index in [0.717, 1.165) is 78.4 Å². The van der Waals surface area contributed by atoms with Crippen LogP contribution >= 0.6 is 0 Å². The van der Waals surface area contributed by atoms with E-state index in [0.29, 0.717) is 5.92 Å². The summed E-state index contributed by atoms with van der Waals surface area (Å²) < 4.78 is 0. The number of nitrogens with zero attached hydrogens (tertiary/aromatic N) is 10. The first kappa shape index (κ1) is 85.0. The van der Waals surface area contributed by atoms with Crippen LogP contribution in [0.2, 0.25) is 0 Å². The Labute approximate surface area is 547 Å². The van der Waals surface area contributed by atoms with Crippen molar-refractivity contribution in [1.82, 2.24) is 49.0 Å². The normalized spacial score (nSPS) is 23.7. The molecule has 0 aromatic rings. The smallest absolute Gasteiger partial charge is 0.0207 e. The van der Waals surface area contributed by atoms with Crippen molar-refractivity contribution < 1.29 is 0 Å². The van der Waals surface area contributed by atoms with Gasteiger partial charge in [0.15, 0.2) is 0 Å². The maximum Gasteiger partial charge on any atom is 0.0207 e. The van der Waals surface area contributed by atoms with Crippen molar-refractivity contribution in [1.29, 1.82) is 0 Å². The predicted molar refractivity (Wildman–Crippen MR) is 392 cm³/mol. The van der Waals surface area contributed by atoms with E-state index in [2.05, 4.69) is 268 Å². The third-order valence-electron chi connectivity index (χ3n) is 19.7. The summed E-state index contributed by atoms with van der Waals surface area (Å²) in [5.74, 6) is 8.22. The Kier molecular flexibility index (Phi) is 45.9. The second-order valence-corrected chi connectivity index (χ2v) is 30.8. The Morgan fingerprint density at radius 1 is 0.368 bits per heavy atom. The number of piperidine rings is 1. The fourth-order valence-corrected chi connectivity index (χ4v) is 12.9. The molecule has 9 rings (SSSR count). The summed E-state index contributed by atoms with van der Waals surface area (Å²) in [7, 11) is 19.7. The Morgan fingerprint density at radius 3 is 1.20 bits per heavy atom. The van der Waals surface area contributed by atoms with Crippen LogP contribution in [0.4, 0.5) is 0 Å². The molecule has 0 N–H and O–H groups in total. The van der Waals surface area contributed by atoms with E-state index in [4.69, 9.17) is 0 Å². The van der Waals surface area contributed by atoms with Gasteiger partial charge in [0.05, 0.1) is 0 Å². The Balaban J connectivity index is 0.000000955. The average Bonchev–Trinajstić information content (AvgIpc) is 4.49. The van der Waals surface area contributed by atoms with Gasteiger partial charge in [0.1, 0.15) is 0 Å². The van der Waals surface area contributed by atoms with Gasteiger partial charge in [-0.25, -0.2) is 0 Å². The van der Waals surface area contributed by atoms with Crippen LogP contribution in [0.5, 0.6) is 0 Å². The summed E-state index contributed by atoms with van der Waals surface area (Å²) in [6.45, 7) is 62.2. The zero-order valence-electron chi connectivity index (χ0n) is 62.9. The van der Waals surface area contributed by atoms with Crippen LogP contribution in [-0.2, 0) is 0 Å². The van der Waals surface area contributed by atoms with Gasteiger partial charge < -0.3 is 39.2 Å². The van der Waals surface area contributed by atoms with E-state index in [1.54, 1.807) is 22.3 Å². The van der Waals surface area contributed by atoms with Crippen LogP contribution in [0.25, 0.3) is 0 Å². The largest absolute Gasteiger partial charge is 0.380 e.